The first kappa shape index (κ1) is 11.5. The van der Waals surface area contributed by atoms with Gasteiger partial charge in [0.25, 0.3) is 0 Å². The molecular weight excluding hydrogens is 248 g/mol. The Morgan fingerprint density at radius 1 is 1.40 bits per heavy atom. The first-order chi connectivity index (χ1) is 7.24. The van der Waals surface area contributed by atoms with E-state index in [1.807, 2.05) is 22.9 Å². The van der Waals surface area contributed by atoms with Gasteiger partial charge in [0.05, 0.1) is 5.69 Å². The molecule has 1 aliphatic heterocycles. The molecule has 0 aromatic heterocycles. The van der Waals surface area contributed by atoms with Crippen LogP contribution in [-0.4, -0.2) is 17.4 Å². The molecule has 0 saturated heterocycles. The van der Waals surface area contributed by atoms with Crippen LogP contribution in [0.3, 0.4) is 0 Å². The predicted molar refractivity (Wildman–Crippen MR) is 69.7 cm³/mol. The van der Waals surface area contributed by atoms with E-state index in [4.69, 9.17) is 11.6 Å². The van der Waals surface area contributed by atoms with Crippen molar-refractivity contribution in [1.29, 1.82) is 0 Å². The van der Waals surface area contributed by atoms with Gasteiger partial charge in [-0.2, -0.15) is 0 Å². The Kier molecular flexibility index (Phi) is 3.72. The lowest BCUT2D eigenvalue weighted by molar-refractivity contribution is 0.524. The van der Waals surface area contributed by atoms with Gasteiger partial charge in [-0.05, 0) is 29.0 Å². The number of nitrogens with zero attached hydrogens (tertiary/aromatic N) is 2. The molecule has 1 unspecified atom stereocenters. The second kappa shape index (κ2) is 4.87. The van der Waals surface area contributed by atoms with Crippen molar-refractivity contribution in [2.75, 3.05) is 13.1 Å². The molecule has 0 fully saturated rings. The molecule has 1 aromatic rings. The van der Waals surface area contributed by atoms with Crippen LogP contribution in [0.15, 0.2) is 27.5 Å². The van der Waals surface area contributed by atoms with Crippen molar-refractivity contribution in [3.63, 3.8) is 0 Å². The fourth-order valence-electron chi connectivity index (χ4n) is 1.37. The third-order valence-corrected chi connectivity index (χ3v) is 6.25. The molecule has 1 atom stereocenters. The maximum atomic E-state index is 5.94. The Bertz CT molecular complexity index is 402. The summed E-state index contributed by atoms with van der Waals surface area (Å²) in [7, 11) is 1.78. The average molecular weight is 261 g/mol. The van der Waals surface area contributed by atoms with Gasteiger partial charge in [0.1, 0.15) is 0 Å². The largest absolute Gasteiger partial charge is 0.233 e. The fourth-order valence-corrected chi connectivity index (χ4v) is 5.29. The van der Waals surface area contributed by atoms with Crippen LogP contribution < -0.4 is 0 Å². The second-order valence-corrected chi connectivity index (χ2v) is 6.73. The number of rotatable bonds is 3. The summed E-state index contributed by atoms with van der Waals surface area (Å²) in [6, 6.07) is 5.93. The van der Waals surface area contributed by atoms with E-state index in [2.05, 4.69) is 28.6 Å². The maximum Gasteiger partial charge on any atom is 0.0887 e. The van der Waals surface area contributed by atoms with Crippen LogP contribution >= 0.6 is 22.4 Å². The van der Waals surface area contributed by atoms with Gasteiger partial charge in [-0.1, -0.05) is 25.4 Å². The quantitative estimate of drug-likeness (QED) is 0.762. The Balaban J connectivity index is 2.26. The molecular formula is C10H13ClN2S2. The number of hydrogen-bond donors (Lipinski definition) is 0. The monoisotopic (exact) mass is 260 g/mol. The SMILES string of the molecule is CCN(CC)S1=Nc2cc(Cl)ccc2S1. The summed E-state index contributed by atoms with van der Waals surface area (Å²) < 4.78 is 7.05. The van der Waals surface area contributed by atoms with Crippen LogP contribution in [0.5, 0.6) is 0 Å². The van der Waals surface area contributed by atoms with Gasteiger partial charge in [-0.25, -0.2) is 8.67 Å². The van der Waals surface area contributed by atoms with Crippen molar-refractivity contribution in [2.24, 2.45) is 4.36 Å². The first-order valence-electron chi connectivity index (χ1n) is 4.93. The van der Waals surface area contributed by atoms with Crippen molar-refractivity contribution in [1.82, 2.24) is 4.31 Å². The number of benzene rings is 1. The van der Waals surface area contributed by atoms with E-state index in [0.29, 0.717) is 0 Å². The molecule has 0 aliphatic carbocycles. The van der Waals surface area contributed by atoms with Gasteiger partial charge in [0.2, 0.25) is 0 Å². The number of hydrogen-bond acceptors (Lipinski definition) is 3. The highest BCUT2D eigenvalue weighted by Crippen LogP contribution is 2.42. The maximum absolute atomic E-state index is 5.94. The van der Waals surface area contributed by atoms with E-state index in [9.17, 15) is 0 Å². The molecule has 15 heavy (non-hydrogen) atoms. The zero-order chi connectivity index (χ0) is 10.8. The molecule has 0 amide bonds. The number of halogens is 1. The minimum absolute atomic E-state index is 0.0535. The van der Waals surface area contributed by atoms with E-state index in [-0.39, 0.29) is 9.91 Å². The van der Waals surface area contributed by atoms with Gasteiger partial charge >= 0.3 is 0 Å². The highest BCUT2D eigenvalue weighted by molar-refractivity contribution is 8.69. The molecule has 0 N–H and O–H groups in total. The lowest BCUT2D eigenvalue weighted by Gasteiger charge is -2.17. The van der Waals surface area contributed by atoms with Crippen LogP contribution in [0.2, 0.25) is 5.02 Å². The first-order valence-corrected chi connectivity index (χ1v) is 7.78. The topological polar surface area (TPSA) is 15.6 Å². The Hall–Kier alpha value is -0.0300. The van der Waals surface area contributed by atoms with E-state index < -0.39 is 0 Å². The molecule has 5 heteroatoms. The van der Waals surface area contributed by atoms with Gasteiger partial charge in [-0.3, -0.25) is 0 Å². The van der Waals surface area contributed by atoms with E-state index in [0.717, 1.165) is 23.8 Å². The lowest BCUT2D eigenvalue weighted by atomic mass is 10.3. The molecule has 82 valence electrons. The zero-order valence-electron chi connectivity index (χ0n) is 8.74. The smallest absolute Gasteiger partial charge is 0.0887 e. The van der Waals surface area contributed by atoms with Gasteiger partial charge in [-0.15, -0.1) is 0 Å². The summed E-state index contributed by atoms with van der Waals surface area (Å²) in [6.45, 7) is 6.42. The Morgan fingerprint density at radius 2 is 2.13 bits per heavy atom. The van der Waals surface area contributed by atoms with E-state index in [1.165, 1.54) is 4.90 Å². The third-order valence-electron chi connectivity index (χ3n) is 2.19. The molecule has 0 radical (unpaired) electrons. The molecule has 2 nitrogen and oxygen atoms in total. The van der Waals surface area contributed by atoms with Crippen LogP contribution in [0.4, 0.5) is 5.69 Å². The van der Waals surface area contributed by atoms with E-state index in [1.54, 1.807) is 0 Å². The average Bonchev–Trinajstić information content (AvgIpc) is 2.62. The minimum atomic E-state index is -0.0535. The normalized spacial score (nSPS) is 19.1. The molecule has 1 aliphatic rings. The molecule has 0 saturated carbocycles. The van der Waals surface area contributed by atoms with Crippen LogP contribution in [-0.2, 0) is 9.91 Å². The van der Waals surface area contributed by atoms with Crippen LogP contribution in [0.25, 0.3) is 0 Å². The summed E-state index contributed by atoms with van der Waals surface area (Å²) in [5.41, 5.74) is 1.04. The molecule has 1 aromatic carbocycles. The minimum Gasteiger partial charge on any atom is -0.233 e. The highest BCUT2D eigenvalue weighted by atomic mass is 35.5. The number of fused-ring (bicyclic) bond motifs is 1. The predicted octanol–water partition coefficient (Wildman–Crippen LogP) is 4.05. The summed E-state index contributed by atoms with van der Waals surface area (Å²) in [5.74, 6) is 0. The van der Waals surface area contributed by atoms with Crippen LogP contribution in [0.1, 0.15) is 13.8 Å². The van der Waals surface area contributed by atoms with Crippen molar-refractivity contribution < 1.29 is 0 Å². The standard InChI is InChI=1S/C10H13ClN2S2/c1-3-13(4-2)15-12-9-7-8(11)5-6-10(9)14-15/h5-7H,3-4H2,1-2H3. The lowest BCUT2D eigenvalue weighted by Crippen LogP contribution is -2.21. The van der Waals surface area contributed by atoms with Gasteiger partial charge in [0.15, 0.2) is 0 Å². The molecule has 2 rings (SSSR count). The summed E-state index contributed by atoms with van der Waals surface area (Å²) in [4.78, 5) is 1.25. The summed E-state index contributed by atoms with van der Waals surface area (Å²) >= 11 is 5.94. The zero-order valence-corrected chi connectivity index (χ0v) is 11.1. The summed E-state index contributed by atoms with van der Waals surface area (Å²) in [5, 5.41) is 0.767. The van der Waals surface area contributed by atoms with Gasteiger partial charge < -0.3 is 0 Å². The van der Waals surface area contributed by atoms with Crippen molar-refractivity contribution in [3.05, 3.63) is 23.2 Å². The third kappa shape index (κ3) is 2.38. The van der Waals surface area contributed by atoms with Gasteiger partial charge in [0, 0.05) is 32.9 Å². The van der Waals surface area contributed by atoms with Crippen LogP contribution in [0, 0.1) is 0 Å². The molecule has 1 heterocycles. The van der Waals surface area contributed by atoms with Crippen molar-refractivity contribution in [2.45, 2.75) is 18.7 Å². The second-order valence-electron chi connectivity index (χ2n) is 3.13. The van der Waals surface area contributed by atoms with Crippen molar-refractivity contribution in [3.8, 4) is 0 Å². The van der Waals surface area contributed by atoms with Crippen molar-refractivity contribution >= 4 is 38.0 Å². The Labute approximate surface area is 102 Å². The fraction of sp³-hybridized carbons (Fsp3) is 0.400. The summed E-state index contributed by atoms with van der Waals surface area (Å²) in [6.07, 6.45) is 0. The molecule has 0 spiro atoms. The Morgan fingerprint density at radius 3 is 2.80 bits per heavy atom. The highest BCUT2D eigenvalue weighted by Gasteiger charge is 2.18. The molecule has 0 bridgehead atoms. The van der Waals surface area contributed by atoms with E-state index >= 15 is 0 Å².